The number of carbonyl (C=O) groups is 1. The summed E-state index contributed by atoms with van der Waals surface area (Å²) in [6.07, 6.45) is 1.59. The summed E-state index contributed by atoms with van der Waals surface area (Å²) in [6, 6.07) is 12.5. The van der Waals surface area contributed by atoms with Gasteiger partial charge in [-0.3, -0.25) is 14.7 Å². The van der Waals surface area contributed by atoms with Crippen LogP contribution in [0.4, 0.5) is 0 Å². The topological polar surface area (TPSA) is 71.2 Å². The van der Waals surface area contributed by atoms with Crippen molar-refractivity contribution in [2.75, 3.05) is 19.6 Å². The first-order chi connectivity index (χ1) is 11.1. The maximum Gasteiger partial charge on any atom is 0.267 e. The average Bonchev–Trinajstić information content (AvgIpc) is 2.55. The summed E-state index contributed by atoms with van der Waals surface area (Å²) >= 11 is 0. The van der Waals surface area contributed by atoms with Gasteiger partial charge in [-0.25, -0.2) is 0 Å². The Morgan fingerprint density at radius 2 is 2.13 bits per heavy atom. The van der Waals surface area contributed by atoms with Gasteiger partial charge in [-0.2, -0.15) is 0 Å². The molecular formula is C18H22N4O. The standard InChI is InChI=1S/C18H22N4O/c1-13-11-22(10-9-20-13)12-14-4-6-15(7-5-14)16-3-2-8-21-17(16)18(19)23/h2-8,13,20H,9-12H2,1H3,(H2,19,23)/t13-/m0/s1. The summed E-state index contributed by atoms with van der Waals surface area (Å²) in [7, 11) is 0. The molecule has 1 atom stereocenters. The molecule has 2 aromatic rings. The number of hydrogen-bond acceptors (Lipinski definition) is 4. The molecule has 1 aliphatic rings. The largest absolute Gasteiger partial charge is 0.364 e. The first-order valence-electron chi connectivity index (χ1n) is 7.93. The van der Waals surface area contributed by atoms with Crippen molar-refractivity contribution in [2.24, 2.45) is 5.73 Å². The molecule has 0 radical (unpaired) electrons. The van der Waals surface area contributed by atoms with Gasteiger partial charge < -0.3 is 11.1 Å². The molecule has 0 saturated carbocycles. The zero-order valence-corrected chi connectivity index (χ0v) is 13.3. The van der Waals surface area contributed by atoms with Crippen molar-refractivity contribution < 1.29 is 4.79 Å². The minimum atomic E-state index is -0.500. The normalized spacial score (nSPS) is 18.7. The third kappa shape index (κ3) is 3.75. The lowest BCUT2D eigenvalue weighted by Crippen LogP contribution is -2.48. The lowest BCUT2D eigenvalue weighted by molar-refractivity contribution is 0.0996. The number of benzene rings is 1. The number of nitrogens with one attached hydrogen (secondary N) is 1. The Morgan fingerprint density at radius 1 is 1.35 bits per heavy atom. The predicted octanol–water partition coefficient (Wildman–Crippen LogP) is 1.64. The molecule has 3 rings (SSSR count). The van der Waals surface area contributed by atoms with Crippen LogP contribution in [0.3, 0.4) is 0 Å². The van der Waals surface area contributed by atoms with E-state index in [9.17, 15) is 4.79 Å². The SMILES string of the molecule is C[C@H]1CN(Cc2ccc(-c3cccnc3C(N)=O)cc2)CCN1. The first kappa shape index (κ1) is 15.6. The summed E-state index contributed by atoms with van der Waals surface area (Å²) < 4.78 is 0. The van der Waals surface area contributed by atoms with E-state index in [1.807, 2.05) is 24.3 Å². The Morgan fingerprint density at radius 3 is 2.83 bits per heavy atom. The van der Waals surface area contributed by atoms with E-state index in [2.05, 4.69) is 34.3 Å². The molecule has 120 valence electrons. The van der Waals surface area contributed by atoms with Crippen LogP contribution in [0, 0.1) is 0 Å². The summed E-state index contributed by atoms with van der Waals surface area (Å²) in [5.41, 5.74) is 8.73. The number of amides is 1. The summed E-state index contributed by atoms with van der Waals surface area (Å²) in [5, 5.41) is 3.45. The second kappa shape index (κ2) is 6.89. The number of piperazine rings is 1. The molecular weight excluding hydrogens is 288 g/mol. The molecule has 1 aromatic heterocycles. The summed E-state index contributed by atoms with van der Waals surface area (Å²) in [4.78, 5) is 18.0. The van der Waals surface area contributed by atoms with Crippen LogP contribution in [-0.2, 0) is 6.54 Å². The maximum atomic E-state index is 11.5. The number of nitrogens with two attached hydrogens (primary N) is 1. The molecule has 23 heavy (non-hydrogen) atoms. The highest BCUT2D eigenvalue weighted by atomic mass is 16.1. The first-order valence-corrected chi connectivity index (χ1v) is 7.93. The molecule has 2 heterocycles. The lowest BCUT2D eigenvalue weighted by atomic mass is 10.0. The zero-order chi connectivity index (χ0) is 16.2. The minimum Gasteiger partial charge on any atom is -0.364 e. The molecule has 1 amide bonds. The molecule has 0 aliphatic carbocycles. The number of nitrogens with zero attached hydrogens (tertiary/aromatic N) is 2. The number of aromatic nitrogens is 1. The van der Waals surface area contributed by atoms with Crippen molar-refractivity contribution in [3.05, 3.63) is 53.9 Å². The number of carbonyl (C=O) groups excluding carboxylic acids is 1. The van der Waals surface area contributed by atoms with E-state index in [0.717, 1.165) is 37.3 Å². The predicted molar refractivity (Wildman–Crippen MR) is 90.9 cm³/mol. The van der Waals surface area contributed by atoms with Crippen molar-refractivity contribution in [2.45, 2.75) is 19.5 Å². The fourth-order valence-corrected chi connectivity index (χ4v) is 3.04. The molecule has 5 nitrogen and oxygen atoms in total. The van der Waals surface area contributed by atoms with Gasteiger partial charge in [0, 0.05) is 44.0 Å². The number of pyridine rings is 1. The highest BCUT2D eigenvalue weighted by Crippen LogP contribution is 2.23. The van der Waals surface area contributed by atoms with Crippen molar-refractivity contribution in [3.8, 4) is 11.1 Å². The van der Waals surface area contributed by atoms with E-state index in [1.54, 1.807) is 6.20 Å². The van der Waals surface area contributed by atoms with Crippen molar-refractivity contribution in [1.29, 1.82) is 0 Å². The fourth-order valence-electron chi connectivity index (χ4n) is 3.04. The smallest absolute Gasteiger partial charge is 0.267 e. The molecule has 3 N–H and O–H groups in total. The molecule has 1 fully saturated rings. The molecule has 0 unspecified atom stereocenters. The average molecular weight is 310 g/mol. The Bertz CT molecular complexity index is 684. The van der Waals surface area contributed by atoms with E-state index in [1.165, 1.54) is 5.56 Å². The molecule has 1 aromatic carbocycles. The Labute approximate surface area is 136 Å². The minimum absolute atomic E-state index is 0.316. The van der Waals surface area contributed by atoms with Crippen LogP contribution in [0.1, 0.15) is 23.0 Å². The maximum absolute atomic E-state index is 11.5. The highest BCUT2D eigenvalue weighted by Gasteiger charge is 2.16. The molecule has 0 bridgehead atoms. The van der Waals surface area contributed by atoms with E-state index in [4.69, 9.17) is 5.73 Å². The van der Waals surface area contributed by atoms with E-state index < -0.39 is 5.91 Å². The van der Waals surface area contributed by atoms with Crippen LogP contribution in [0.2, 0.25) is 0 Å². The van der Waals surface area contributed by atoms with Crippen LogP contribution < -0.4 is 11.1 Å². The summed E-state index contributed by atoms with van der Waals surface area (Å²) in [5.74, 6) is -0.500. The van der Waals surface area contributed by atoms with Gasteiger partial charge in [-0.05, 0) is 24.1 Å². The van der Waals surface area contributed by atoms with Gasteiger partial charge >= 0.3 is 0 Å². The Kier molecular flexibility index (Phi) is 4.69. The number of hydrogen-bond donors (Lipinski definition) is 2. The highest BCUT2D eigenvalue weighted by molar-refractivity contribution is 5.97. The van der Waals surface area contributed by atoms with Gasteiger partial charge in [0.2, 0.25) is 0 Å². The quantitative estimate of drug-likeness (QED) is 0.900. The van der Waals surface area contributed by atoms with E-state index >= 15 is 0 Å². The van der Waals surface area contributed by atoms with Gasteiger partial charge in [0.25, 0.3) is 5.91 Å². The molecule has 1 saturated heterocycles. The van der Waals surface area contributed by atoms with Gasteiger partial charge in [0.1, 0.15) is 5.69 Å². The molecule has 1 aliphatic heterocycles. The van der Waals surface area contributed by atoms with Gasteiger partial charge in [-0.1, -0.05) is 30.3 Å². The molecule has 5 heteroatoms. The third-order valence-corrected chi connectivity index (χ3v) is 4.17. The van der Waals surface area contributed by atoms with Crippen LogP contribution in [0.15, 0.2) is 42.6 Å². The Balaban J connectivity index is 1.76. The third-order valence-electron chi connectivity index (χ3n) is 4.17. The second-order valence-electron chi connectivity index (χ2n) is 6.05. The zero-order valence-electron chi connectivity index (χ0n) is 13.3. The van der Waals surface area contributed by atoms with Gasteiger partial charge in [0.05, 0.1) is 0 Å². The number of rotatable bonds is 4. The summed E-state index contributed by atoms with van der Waals surface area (Å²) in [6.45, 7) is 6.33. The fraction of sp³-hybridized carbons (Fsp3) is 0.333. The van der Waals surface area contributed by atoms with Crippen molar-refractivity contribution in [3.63, 3.8) is 0 Å². The van der Waals surface area contributed by atoms with Crippen LogP contribution in [0.25, 0.3) is 11.1 Å². The van der Waals surface area contributed by atoms with E-state index in [0.29, 0.717) is 11.7 Å². The van der Waals surface area contributed by atoms with Crippen molar-refractivity contribution in [1.82, 2.24) is 15.2 Å². The Hall–Kier alpha value is -2.24. The van der Waals surface area contributed by atoms with Crippen LogP contribution in [-0.4, -0.2) is 41.5 Å². The van der Waals surface area contributed by atoms with Gasteiger partial charge in [-0.15, -0.1) is 0 Å². The monoisotopic (exact) mass is 310 g/mol. The van der Waals surface area contributed by atoms with E-state index in [-0.39, 0.29) is 0 Å². The second-order valence-corrected chi connectivity index (χ2v) is 6.05. The van der Waals surface area contributed by atoms with Crippen LogP contribution >= 0.6 is 0 Å². The number of primary amides is 1. The molecule has 0 spiro atoms. The van der Waals surface area contributed by atoms with Crippen LogP contribution in [0.5, 0.6) is 0 Å². The van der Waals surface area contributed by atoms with Crippen molar-refractivity contribution >= 4 is 5.91 Å². The van der Waals surface area contributed by atoms with Gasteiger partial charge in [0.15, 0.2) is 0 Å². The lowest BCUT2D eigenvalue weighted by Gasteiger charge is -2.31.